The van der Waals surface area contributed by atoms with Gasteiger partial charge in [-0.25, -0.2) is 0 Å². The van der Waals surface area contributed by atoms with Crippen LogP contribution in [-0.4, -0.2) is 34.2 Å². The predicted molar refractivity (Wildman–Crippen MR) is 78.7 cm³/mol. The van der Waals surface area contributed by atoms with Crippen molar-refractivity contribution in [3.63, 3.8) is 0 Å². The monoisotopic (exact) mass is 297 g/mol. The molecule has 2 atom stereocenters. The van der Waals surface area contributed by atoms with Gasteiger partial charge in [-0.1, -0.05) is 19.8 Å². The SMILES string of the molecule is CC1CCC(CO)(NC(=O)[C@@H]2CCCC[C@@H]2C(=O)O)CC1. The molecule has 0 aromatic rings. The van der Waals surface area contributed by atoms with Crippen LogP contribution in [0.2, 0.25) is 0 Å². The predicted octanol–water partition coefficient (Wildman–Crippen LogP) is 1.93. The van der Waals surface area contributed by atoms with Gasteiger partial charge in [0.25, 0.3) is 0 Å². The Balaban J connectivity index is 2.03. The fourth-order valence-corrected chi connectivity index (χ4v) is 3.73. The van der Waals surface area contributed by atoms with Crippen LogP contribution in [0.1, 0.15) is 58.3 Å². The van der Waals surface area contributed by atoms with Gasteiger partial charge < -0.3 is 15.5 Å². The molecule has 21 heavy (non-hydrogen) atoms. The van der Waals surface area contributed by atoms with E-state index in [0.29, 0.717) is 18.8 Å². The summed E-state index contributed by atoms with van der Waals surface area (Å²) >= 11 is 0. The number of aliphatic hydroxyl groups excluding tert-OH is 1. The van der Waals surface area contributed by atoms with Gasteiger partial charge in [0.15, 0.2) is 0 Å². The van der Waals surface area contributed by atoms with Crippen LogP contribution in [0.15, 0.2) is 0 Å². The summed E-state index contributed by atoms with van der Waals surface area (Å²) < 4.78 is 0. The molecule has 0 bridgehead atoms. The van der Waals surface area contributed by atoms with Crippen molar-refractivity contribution < 1.29 is 19.8 Å². The van der Waals surface area contributed by atoms with Gasteiger partial charge in [0.05, 0.1) is 24.0 Å². The Bertz CT molecular complexity index is 388. The molecule has 0 unspecified atom stereocenters. The molecule has 2 saturated carbocycles. The molecule has 0 aromatic carbocycles. The van der Waals surface area contributed by atoms with Crippen molar-refractivity contribution in [2.24, 2.45) is 17.8 Å². The number of rotatable bonds is 4. The first-order chi connectivity index (χ1) is 9.97. The third kappa shape index (κ3) is 3.76. The zero-order chi connectivity index (χ0) is 15.5. The van der Waals surface area contributed by atoms with Crippen LogP contribution in [0.4, 0.5) is 0 Å². The second kappa shape index (κ2) is 6.77. The van der Waals surface area contributed by atoms with Gasteiger partial charge in [0.1, 0.15) is 0 Å². The molecule has 0 aliphatic heterocycles. The van der Waals surface area contributed by atoms with Crippen LogP contribution in [0, 0.1) is 17.8 Å². The highest BCUT2D eigenvalue weighted by Crippen LogP contribution is 2.34. The summed E-state index contributed by atoms with van der Waals surface area (Å²) in [5, 5.41) is 22.0. The molecule has 5 heteroatoms. The zero-order valence-electron chi connectivity index (χ0n) is 12.8. The van der Waals surface area contributed by atoms with Crippen molar-refractivity contribution in [2.75, 3.05) is 6.61 Å². The Morgan fingerprint density at radius 3 is 2.19 bits per heavy atom. The third-order valence-corrected chi connectivity index (χ3v) is 5.34. The number of nitrogens with one attached hydrogen (secondary N) is 1. The van der Waals surface area contributed by atoms with Gasteiger partial charge in [-0.05, 0) is 44.4 Å². The first kappa shape index (κ1) is 16.3. The van der Waals surface area contributed by atoms with Crippen LogP contribution in [0.25, 0.3) is 0 Å². The molecule has 1 amide bonds. The minimum absolute atomic E-state index is 0.0596. The van der Waals surface area contributed by atoms with Gasteiger partial charge in [0.2, 0.25) is 5.91 Å². The highest BCUT2D eigenvalue weighted by molar-refractivity contribution is 5.85. The van der Waals surface area contributed by atoms with Crippen LogP contribution in [-0.2, 0) is 9.59 Å². The minimum Gasteiger partial charge on any atom is -0.481 e. The molecule has 0 spiro atoms. The molecule has 2 aliphatic carbocycles. The molecule has 2 rings (SSSR count). The normalized spacial score (nSPS) is 37.0. The van der Waals surface area contributed by atoms with Gasteiger partial charge in [-0.2, -0.15) is 0 Å². The van der Waals surface area contributed by atoms with Gasteiger partial charge in [0, 0.05) is 0 Å². The number of hydrogen-bond donors (Lipinski definition) is 3. The summed E-state index contributed by atoms with van der Waals surface area (Å²) in [6.45, 7) is 2.13. The van der Waals surface area contributed by atoms with Crippen molar-refractivity contribution in [3.8, 4) is 0 Å². The zero-order valence-corrected chi connectivity index (χ0v) is 12.8. The Hall–Kier alpha value is -1.10. The summed E-state index contributed by atoms with van der Waals surface area (Å²) in [7, 11) is 0. The second-order valence-electron chi connectivity index (χ2n) is 6.95. The molecule has 2 fully saturated rings. The van der Waals surface area contributed by atoms with E-state index in [0.717, 1.165) is 38.5 Å². The maximum atomic E-state index is 12.5. The van der Waals surface area contributed by atoms with E-state index in [1.807, 2.05) is 0 Å². The number of carboxylic acids is 1. The van der Waals surface area contributed by atoms with Gasteiger partial charge in [-0.3, -0.25) is 9.59 Å². The second-order valence-corrected chi connectivity index (χ2v) is 6.95. The number of carbonyl (C=O) groups is 2. The van der Waals surface area contributed by atoms with Crippen molar-refractivity contribution >= 4 is 11.9 Å². The Kier molecular flexibility index (Phi) is 5.25. The fraction of sp³-hybridized carbons (Fsp3) is 0.875. The summed E-state index contributed by atoms with van der Waals surface area (Å²) in [6, 6.07) is 0. The lowest BCUT2D eigenvalue weighted by Gasteiger charge is -2.40. The summed E-state index contributed by atoms with van der Waals surface area (Å²) in [5.74, 6) is -1.44. The lowest BCUT2D eigenvalue weighted by atomic mass is 9.75. The molecule has 5 nitrogen and oxygen atoms in total. The maximum Gasteiger partial charge on any atom is 0.307 e. The van der Waals surface area contributed by atoms with Crippen LogP contribution in [0.3, 0.4) is 0 Å². The molecule has 0 heterocycles. The van der Waals surface area contributed by atoms with Crippen molar-refractivity contribution in [3.05, 3.63) is 0 Å². The average molecular weight is 297 g/mol. The summed E-state index contributed by atoms with van der Waals surface area (Å²) in [6.07, 6.45) is 6.55. The lowest BCUT2D eigenvalue weighted by molar-refractivity contribution is -0.149. The summed E-state index contributed by atoms with van der Waals surface area (Å²) in [5.41, 5.74) is -0.538. The van der Waals surface area contributed by atoms with Crippen molar-refractivity contribution in [1.29, 1.82) is 0 Å². The summed E-state index contributed by atoms with van der Waals surface area (Å²) in [4.78, 5) is 23.9. The Morgan fingerprint density at radius 2 is 1.67 bits per heavy atom. The Morgan fingerprint density at radius 1 is 1.10 bits per heavy atom. The lowest BCUT2D eigenvalue weighted by Crippen LogP contribution is -2.56. The fourth-order valence-electron chi connectivity index (χ4n) is 3.73. The maximum absolute atomic E-state index is 12.5. The molecular weight excluding hydrogens is 270 g/mol. The Labute approximate surface area is 126 Å². The topological polar surface area (TPSA) is 86.6 Å². The first-order valence-electron chi connectivity index (χ1n) is 8.13. The molecule has 3 N–H and O–H groups in total. The van der Waals surface area contributed by atoms with E-state index in [2.05, 4.69) is 12.2 Å². The number of carboxylic acid groups (broad SMARTS) is 1. The molecule has 120 valence electrons. The molecule has 2 aliphatic rings. The van der Waals surface area contributed by atoms with Crippen LogP contribution < -0.4 is 5.32 Å². The first-order valence-corrected chi connectivity index (χ1v) is 8.13. The number of amides is 1. The number of aliphatic hydroxyl groups is 1. The smallest absolute Gasteiger partial charge is 0.307 e. The third-order valence-electron chi connectivity index (χ3n) is 5.34. The molecular formula is C16H27NO4. The van der Waals surface area contributed by atoms with Crippen molar-refractivity contribution in [1.82, 2.24) is 5.32 Å². The van der Waals surface area contributed by atoms with E-state index in [-0.39, 0.29) is 12.5 Å². The van der Waals surface area contributed by atoms with E-state index < -0.39 is 23.3 Å². The highest BCUT2D eigenvalue weighted by atomic mass is 16.4. The van der Waals surface area contributed by atoms with Crippen molar-refractivity contribution in [2.45, 2.75) is 63.8 Å². The molecule has 0 saturated heterocycles. The van der Waals surface area contributed by atoms with Gasteiger partial charge in [-0.15, -0.1) is 0 Å². The van der Waals surface area contributed by atoms with Gasteiger partial charge >= 0.3 is 5.97 Å². The number of hydrogen-bond acceptors (Lipinski definition) is 3. The van der Waals surface area contributed by atoms with E-state index in [1.165, 1.54) is 0 Å². The van der Waals surface area contributed by atoms with E-state index in [9.17, 15) is 19.8 Å². The molecule has 0 radical (unpaired) electrons. The van der Waals surface area contributed by atoms with E-state index in [1.54, 1.807) is 0 Å². The standard InChI is InChI=1S/C16H27NO4/c1-11-6-8-16(10-18,9-7-11)17-14(19)12-4-2-3-5-13(12)15(20)21/h11-13,18H,2-10H2,1H3,(H,17,19)(H,20,21)/t11?,12-,13+,16?/m1/s1. The van der Waals surface area contributed by atoms with E-state index >= 15 is 0 Å². The minimum atomic E-state index is -0.870. The highest BCUT2D eigenvalue weighted by Gasteiger charge is 2.40. The average Bonchev–Trinajstić information content (AvgIpc) is 2.49. The quantitative estimate of drug-likeness (QED) is 0.740. The van der Waals surface area contributed by atoms with E-state index in [4.69, 9.17) is 0 Å². The van der Waals surface area contributed by atoms with Crippen LogP contribution >= 0.6 is 0 Å². The molecule has 0 aromatic heterocycles. The number of carbonyl (C=O) groups excluding carboxylic acids is 1. The van der Waals surface area contributed by atoms with Crippen LogP contribution in [0.5, 0.6) is 0 Å². The largest absolute Gasteiger partial charge is 0.481 e. The number of aliphatic carboxylic acids is 1.